The molecule has 0 unspecified atom stereocenters. The number of nitro groups is 2. The zero-order chi connectivity index (χ0) is 15.2. The summed E-state index contributed by atoms with van der Waals surface area (Å²) < 4.78 is 5.13. The van der Waals surface area contributed by atoms with Crippen molar-refractivity contribution in [3.63, 3.8) is 0 Å². The van der Waals surface area contributed by atoms with E-state index < -0.39 is 15.5 Å². The summed E-state index contributed by atoms with van der Waals surface area (Å²) in [7, 11) is 0. The molecule has 0 aromatic carbocycles. The molecule has 0 aromatic rings. The summed E-state index contributed by atoms with van der Waals surface area (Å²) in [4.78, 5) is 32.3. The molecule has 1 fully saturated rings. The summed E-state index contributed by atoms with van der Waals surface area (Å²) in [6.07, 6.45) is -0.336. The van der Waals surface area contributed by atoms with E-state index in [2.05, 4.69) is 5.32 Å². The minimum atomic E-state index is -2.27. The number of nitrogens with one attached hydrogen (secondary N) is 2. The normalized spacial score (nSPS) is 16.6. The fourth-order valence-corrected chi connectivity index (χ4v) is 2.14. The lowest BCUT2D eigenvalue weighted by Gasteiger charge is -2.26. The highest BCUT2D eigenvalue weighted by atomic mass is 16.7. The summed E-state index contributed by atoms with van der Waals surface area (Å²) in [5.74, 6) is -0.371. The van der Waals surface area contributed by atoms with Gasteiger partial charge in [0.05, 0.1) is 13.2 Å². The minimum Gasteiger partial charge on any atom is -0.370 e. The molecule has 0 radical (unpaired) electrons. The van der Waals surface area contributed by atoms with Crippen LogP contribution in [0.25, 0.3) is 0 Å². The third-order valence-corrected chi connectivity index (χ3v) is 3.31. The molecule has 0 atom stereocenters. The van der Waals surface area contributed by atoms with Gasteiger partial charge in [-0.3, -0.25) is 25.0 Å². The maximum absolute atomic E-state index is 11.2. The van der Waals surface area contributed by atoms with Gasteiger partial charge in [-0.05, 0) is 0 Å². The Bertz CT molecular complexity index is 368. The van der Waals surface area contributed by atoms with E-state index in [1.165, 1.54) is 6.92 Å². The first-order valence-electron chi connectivity index (χ1n) is 6.33. The first-order chi connectivity index (χ1) is 9.38. The molecule has 0 aliphatic carbocycles. The molecule has 114 valence electrons. The van der Waals surface area contributed by atoms with E-state index >= 15 is 0 Å². The van der Waals surface area contributed by atoms with Crippen molar-refractivity contribution in [2.45, 2.75) is 19.0 Å². The summed E-state index contributed by atoms with van der Waals surface area (Å²) in [5.41, 5.74) is -2.27. The summed E-state index contributed by atoms with van der Waals surface area (Å²) in [6.45, 7) is 2.83. The Morgan fingerprint density at radius 2 is 1.85 bits per heavy atom. The molecule has 0 spiro atoms. The van der Waals surface area contributed by atoms with E-state index in [4.69, 9.17) is 4.74 Å². The second kappa shape index (κ2) is 7.10. The zero-order valence-electron chi connectivity index (χ0n) is 11.3. The molecule has 1 heterocycles. The number of ether oxygens (including phenoxy) is 1. The average molecular weight is 291 g/mol. The number of morpholine rings is 1. The van der Waals surface area contributed by atoms with Crippen molar-refractivity contribution in [1.82, 2.24) is 5.32 Å². The molecule has 1 rings (SSSR count). The van der Waals surface area contributed by atoms with Gasteiger partial charge < -0.3 is 15.0 Å². The van der Waals surface area contributed by atoms with E-state index in [0.29, 0.717) is 26.3 Å². The quantitative estimate of drug-likeness (QED) is 0.308. The number of amides is 1. The number of carbonyl (C=O) groups excluding carboxylic acids is 1. The monoisotopic (exact) mass is 291 g/mol. The van der Waals surface area contributed by atoms with Crippen molar-refractivity contribution in [2.75, 3.05) is 39.4 Å². The average Bonchev–Trinajstić information content (AvgIpc) is 2.37. The van der Waals surface area contributed by atoms with Gasteiger partial charge in [-0.25, -0.2) is 0 Å². The highest BCUT2D eigenvalue weighted by Crippen LogP contribution is 2.14. The topological polar surface area (TPSA) is 129 Å². The second-order valence-corrected chi connectivity index (χ2v) is 4.77. The Labute approximate surface area is 115 Å². The van der Waals surface area contributed by atoms with Crippen molar-refractivity contribution < 1.29 is 24.3 Å². The SMILES string of the molecule is CC(=O)NCCC(C[NH+]1CCOCC1)([N+](=O)[O-])[N+](=O)[O-]. The van der Waals surface area contributed by atoms with E-state index in [0.717, 1.165) is 4.90 Å². The first kappa shape index (κ1) is 16.2. The van der Waals surface area contributed by atoms with Crippen LogP contribution in [0.2, 0.25) is 0 Å². The van der Waals surface area contributed by atoms with E-state index in [-0.39, 0.29) is 25.4 Å². The van der Waals surface area contributed by atoms with Gasteiger partial charge >= 0.3 is 5.66 Å². The summed E-state index contributed by atoms with van der Waals surface area (Å²) in [6, 6.07) is 0. The van der Waals surface area contributed by atoms with Crippen LogP contribution in [0.5, 0.6) is 0 Å². The third kappa shape index (κ3) is 4.10. The summed E-state index contributed by atoms with van der Waals surface area (Å²) in [5, 5.41) is 24.8. The predicted molar refractivity (Wildman–Crippen MR) is 66.4 cm³/mol. The lowest BCUT2D eigenvalue weighted by Crippen LogP contribution is -3.16. The van der Waals surface area contributed by atoms with Crippen LogP contribution >= 0.6 is 0 Å². The Morgan fingerprint density at radius 3 is 2.30 bits per heavy atom. The summed E-state index contributed by atoms with van der Waals surface area (Å²) >= 11 is 0. The Kier molecular flexibility index (Phi) is 5.77. The molecular weight excluding hydrogens is 272 g/mol. The molecule has 0 saturated carbocycles. The third-order valence-electron chi connectivity index (χ3n) is 3.31. The Morgan fingerprint density at radius 1 is 1.30 bits per heavy atom. The molecule has 1 amide bonds. The molecule has 1 aliphatic rings. The number of quaternary nitrogens is 1. The molecule has 10 nitrogen and oxygen atoms in total. The largest absolute Gasteiger partial charge is 0.506 e. The van der Waals surface area contributed by atoms with Crippen molar-refractivity contribution in [3.8, 4) is 0 Å². The van der Waals surface area contributed by atoms with E-state index in [9.17, 15) is 25.0 Å². The molecule has 10 heteroatoms. The second-order valence-electron chi connectivity index (χ2n) is 4.77. The van der Waals surface area contributed by atoms with Crippen LogP contribution in [0.3, 0.4) is 0 Å². The van der Waals surface area contributed by atoms with Crippen LogP contribution in [-0.2, 0) is 9.53 Å². The van der Waals surface area contributed by atoms with E-state index in [1.807, 2.05) is 0 Å². The molecule has 0 aromatic heterocycles. The number of rotatable bonds is 7. The van der Waals surface area contributed by atoms with Crippen molar-refractivity contribution >= 4 is 5.91 Å². The van der Waals surface area contributed by atoms with Gasteiger partial charge in [0.15, 0.2) is 0 Å². The molecule has 20 heavy (non-hydrogen) atoms. The van der Waals surface area contributed by atoms with Crippen molar-refractivity contribution in [1.29, 1.82) is 0 Å². The van der Waals surface area contributed by atoms with Crippen LogP contribution < -0.4 is 10.2 Å². The fraction of sp³-hybridized carbons (Fsp3) is 0.900. The molecule has 1 saturated heterocycles. The Balaban J connectivity index is 2.77. The van der Waals surface area contributed by atoms with Crippen LogP contribution in [0.4, 0.5) is 0 Å². The maximum atomic E-state index is 11.2. The van der Waals surface area contributed by atoms with Gasteiger partial charge in [-0.2, -0.15) is 0 Å². The number of hydrogen-bond acceptors (Lipinski definition) is 6. The fourth-order valence-electron chi connectivity index (χ4n) is 2.14. The molecular formula is C10H19N4O6+. The number of nitrogens with zero attached hydrogens (tertiary/aromatic N) is 2. The molecule has 0 bridgehead atoms. The number of hydrogen-bond donors (Lipinski definition) is 2. The van der Waals surface area contributed by atoms with Gasteiger partial charge in [0.25, 0.3) is 0 Å². The lowest BCUT2D eigenvalue weighted by atomic mass is 10.1. The highest BCUT2D eigenvalue weighted by Gasteiger charge is 2.59. The van der Waals surface area contributed by atoms with Crippen LogP contribution in [-0.4, -0.2) is 60.8 Å². The standard InChI is InChI=1S/C10H18N4O6/c1-9(15)11-3-2-10(13(16)17,14(18)19)8-12-4-6-20-7-5-12/h2-8H2,1H3,(H,11,15)/p+1. The molecule has 2 N–H and O–H groups in total. The van der Waals surface area contributed by atoms with E-state index in [1.54, 1.807) is 0 Å². The highest BCUT2D eigenvalue weighted by molar-refractivity contribution is 5.72. The van der Waals surface area contributed by atoms with Crippen molar-refractivity contribution in [3.05, 3.63) is 20.2 Å². The molecule has 1 aliphatic heterocycles. The van der Waals surface area contributed by atoms with Crippen LogP contribution in [0, 0.1) is 20.2 Å². The zero-order valence-corrected chi connectivity index (χ0v) is 11.3. The van der Waals surface area contributed by atoms with Crippen molar-refractivity contribution in [2.24, 2.45) is 0 Å². The predicted octanol–water partition coefficient (Wildman–Crippen LogP) is -2.32. The van der Waals surface area contributed by atoms with Gasteiger partial charge in [0, 0.05) is 13.5 Å². The van der Waals surface area contributed by atoms with Gasteiger partial charge in [0.2, 0.25) is 12.5 Å². The maximum Gasteiger partial charge on any atom is 0.506 e. The number of carbonyl (C=O) groups is 1. The Hall–Kier alpha value is -1.81. The smallest absolute Gasteiger partial charge is 0.370 e. The van der Waals surface area contributed by atoms with Gasteiger partial charge in [-0.15, -0.1) is 0 Å². The first-order valence-corrected chi connectivity index (χ1v) is 6.33. The van der Waals surface area contributed by atoms with Gasteiger partial charge in [-0.1, -0.05) is 0 Å². The van der Waals surface area contributed by atoms with Crippen LogP contribution in [0.15, 0.2) is 0 Å². The lowest BCUT2D eigenvalue weighted by molar-refractivity contribution is -0.957. The van der Waals surface area contributed by atoms with Gasteiger partial charge in [0.1, 0.15) is 29.4 Å². The minimum absolute atomic E-state index is 0.0962. The van der Waals surface area contributed by atoms with Crippen LogP contribution in [0.1, 0.15) is 13.3 Å².